The van der Waals surface area contributed by atoms with Crippen LogP contribution < -0.4 is 16.1 Å². The number of aliphatic hydroxyl groups excluding tert-OH is 1. The van der Waals surface area contributed by atoms with Gasteiger partial charge in [-0.25, -0.2) is 0 Å². The summed E-state index contributed by atoms with van der Waals surface area (Å²) >= 11 is 5.12. The summed E-state index contributed by atoms with van der Waals surface area (Å²) in [5.41, 5.74) is -0.122. The molecule has 2 aromatic carbocycles. The number of anilines is 1. The largest absolute Gasteiger partial charge is 0.506 e. The van der Waals surface area contributed by atoms with Crippen LogP contribution in [0.1, 0.15) is 10.4 Å². The summed E-state index contributed by atoms with van der Waals surface area (Å²) < 4.78 is 1.53. The van der Waals surface area contributed by atoms with Crippen molar-refractivity contribution in [2.45, 2.75) is 6.54 Å². The maximum absolute atomic E-state index is 13.2. The molecule has 0 unspecified atom stereocenters. The van der Waals surface area contributed by atoms with Crippen molar-refractivity contribution in [3.8, 4) is 5.75 Å². The Morgan fingerprint density at radius 1 is 1.21 bits per heavy atom. The number of nitro benzene ring substituents is 1. The molecule has 0 atom stereocenters. The molecule has 0 saturated carbocycles. The standard InChI is InChI=1S/C22H17N5O6S/c28-8-7-26-11-16(20(30)15-10-17(29)18-14(19(15)26)5-2-6-23-18)21(31)25-22(34)24-12-3-1-4-13(9-12)27(32)33/h1-6,9-11,28-29H,7-8H2,(H2,24,25,31,34). The molecule has 4 aromatic rings. The molecule has 11 nitrogen and oxygen atoms in total. The number of amides is 1. The number of carbonyl (C=O) groups excluding carboxylic acids is 1. The van der Waals surface area contributed by atoms with Crippen molar-refractivity contribution in [3.63, 3.8) is 0 Å². The molecule has 0 radical (unpaired) electrons. The number of aromatic nitrogens is 2. The van der Waals surface area contributed by atoms with E-state index in [1.807, 2.05) is 0 Å². The fourth-order valence-corrected chi connectivity index (χ4v) is 3.81. The summed E-state index contributed by atoms with van der Waals surface area (Å²) in [5.74, 6) is -1.05. The van der Waals surface area contributed by atoms with Crippen LogP contribution in [0, 0.1) is 10.1 Å². The lowest BCUT2D eigenvalue weighted by molar-refractivity contribution is -0.384. The van der Waals surface area contributed by atoms with Gasteiger partial charge in [0.1, 0.15) is 16.8 Å². The van der Waals surface area contributed by atoms with Crippen LogP contribution in [0.4, 0.5) is 11.4 Å². The van der Waals surface area contributed by atoms with E-state index in [1.165, 1.54) is 47.3 Å². The van der Waals surface area contributed by atoms with Crippen molar-refractivity contribution in [3.05, 3.63) is 80.8 Å². The molecule has 0 aliphatic heterocycles. The number of nitrogens with zero attached hydrogens (tertiary/aromatic N) is 3. The number of hydrogen-bond donors (Lipinski definition) is 4. The summed E-state index contributed by atoms with van der Waals surface area (Å²) in [7, 11) is 0. The van der Waals surface area contributed by atoms with Gasteiger partial charge < -0.3 is 20.1 Å². The fourth-order valence-electron chi connectivity index (χ4n) is 3.60. The molecule has 0 aliphatic carbocycles. The number of nitro groups is 1. The van der Waals surface area contributed by atoms with Gasteiger partial charge in [0.2, 0.25) is 5.43 Å². The second-order valence-corrected chi connectivity index (χ2v) is 7.60. The number of fused-ring (bicyclic) bond motifs is 3. The van der Waals surface area contributed by atoms with E-state index in [9.17, 15) is 29.9 Å². The Morgan fingerprint density at radius 3 is 2.74 bits per heavy atom. The number of benzene rings is 2. The van der Waals surface area contributed by atoms with E-state index in [0.29, 0.717) is 10.9 Å². The SMILES string of the molecule is O=C(NC(=S)Nc1cccc([N+](=O)[O-])c1)c1cn(CCO)c2c(cc(O)c3ncccc32)c1=O. The molecule has 4 N–H and O–H groups in total. The third kappa shape index (κ3) is 4.27. The van der Waals surface area contributed by atoms with Crippen molar-refractivity contribution < 1.29 is 19.9 Å². The van der Waals surface area contributed by atoms with Gasteiger partial charge in [0.15, 0.2) is 5.11 Å². The van der Waals surface area contributed by atoms with Gasteiger partial charge in [-0.2, -0.15) is 0 Å². The molecule has 0 saturated heterocycles. The average Bonchev–Trinajstić information content (AvgIpc) is 2.81. The Bertz CT molecular complexity index is 1530. The van der Waals surface area contributed by atoms with Crippen LogP contribution in [0.5, 0.6) is 5.75 Å². The summed E-state index contributed by atoms with van der Waals surface area (Å²) in [5, 5.41) is 36.3. The van der Waals surface area contributed by atoms with Crippen LogP contribution in [0.2, 0.25) is 0 Å². The number of carbonyl (C=O) groups is 1. The Hall–Kier alpha value is -4.42. The lowest BCUT2D eigenvalue weighted by atomic mass is 10.1. The zero-order valence-electron chi connectivity index (χ0n) is 17.4. The van der Waals surface area contributed by atoms with Crippen LogP contribution in [-0.4, -0.2) is 42.3 Å². The van der Waals surface area contributed by atoms with Gasteiger partial charge >= 0.3 is 0 Å². The highest BCUT2D eigenvalue weighted by atomic mass is 32.1. The first kappa shape index (κ1) is 22.8. The first-order valence-corrected chi connectivity index (χ1v) is 10.3. The smallest absolute Gasteiger partial charge is 0.271 e. The first-order valence-electron chi connectivity index (χ1n) is 9.91. The predicted molar refractivity (Wildman–Crippen MR) is 129 cm³/mol. The van der Waals surface area contributed by atoms with Crippen molar-refractivity contribution in [2.75, 3.05) is 11.9 Å². The molecule has 0 fully saturated rings. The minimum absolute atomic E-state index is 0.0664. The van der Waals surface area contributed by atoms with Crippen molar-refractivity contribution >= 4 is 56.4 Å². The van der Waals surface area contributed by atoms with Crippen molar-refractivity contribution in [2.24, 2.45) is 0 Å². The molecule has 2 aromatic heterocycles. The third-order valence-corrected chi connectivity index (χ3v) is 5.23. The number of thiocarbonyl (C=S) groups is 1. The zero-order chi connectivity index (χ0) is 24.4. The molecule has 34 heavy (non-hydrogen) atoms. The van der Waals surface area contributed by atoms with E-state index >= 15 is 0 Å². The minimum Gasteiger partial charge on any atom is -0.506 e. The average molecular weight is 479 g/mol. The number of hydrogen-bond acceptors (Lipinski definition) is 8. The highest BCUT2D eigenvalue weighted by Crippen LogP contribution is 2.30. The van der Waals surface area contributed by atoms with E-state index in [2.05, 4.69) is 15.6 Å². The Labute approximate surface area is 196 Å². The number of pyridine rings is 2. The predicted octanol–water partition coefficient (Wildman–Crippen LogP) is 2.28. The van der Waals surface area contributed by atoms with Gasteiger partial charge in [0.25, 0.3) is 11.6 Å². The van der Waals surface area contributed by atoms with E-state index in [0.717, 1.165) is 0 Å². The second-order valence-electron chi connectivity index (χ2n) is 7.20. The molecule has 4 rings (SSSR count). The van der Waals surface area contributed by atoms with Gasteiger partial charge in [-0.15, -0.1) is 0 Å². The Balaban J connectivity index is 1.72. The third-order valence-electron chi connectivity index (χ3n) is 5.03. The van der Waals surface area contributed by atoms with Crippen molar-refractivity contribution in [1.82, 2.24) is 14.9 Å². The molecule has 1 amide bonds. The fraction of sp³-hybridized carbons (Fsp3) is 0.0909. The quantitative estimate of drug-likeness (QED) is 0.146. The molecule has 0 aliphatic rings. The van der Waals surface area contributed by atoms with Crippen LogP contribution in [-0.2, 0) is 6.54 Å². The number of aromatic hydroxyl groups is 1. The lowest BCUT2D eigenvalue weighted by Gasteiger charge is -2.15. The van der Waals surface area contributed by atoms with Crippen LogP contribution in [0.3, 0.4) is 0 Å². The van der Waals surface area contributed by atoms with E-state index < -0.39 is 16.3 Å². The Kier molecular flexibility index (Phi) is 6.17. The second kappa shape index (κ2) is 9.21. The number of nitrogens with one attached hydrogen (secondary N) is 2. The molecule has 0 spiro atoms. The first-order chi connectivity index (χ1) is 16.3. The normalized spacial score (nSPS) is 10.9. The van der Waals surface area contributed by atoms with Crippen LogP contribution in [0.15, 0.2) is 59.7 Å². The molecule has 12 heteroatoms. The number of rotatable bonds is 5. The topological polar surface area (TPSA) is 160 Å². The number of phenolic OH excluding ortho intramolecular Hbond substituents is 1. The number of aliphatic hydroxyl groups is 1. The monoisotopic (exact) mass is 479 g/mol. The van der Waals surface area contributed by atoms with E-state index in [1.54, 1.807) is 12.1 Å². The maximum atomic E-state index is 13.2. The van der Waals surface area contributed by atoms with Crippen LogP contribution in [0.25, 0.3) is 21.8 Å². The molecular formula is C22H17N5O6S. The Morgan fingerprint density at radius 2 is 2.00 bits per heavy atom. The van der Waals surface area contributed by atoms with Gasteiger partial charge in [-0.3, -0.25) is 30.0 Å². The lowest BCUT2D eigenvalue weighted by Crippen LogP contribution is -2.37. The summed E-state index contributed by atoms with van der Waals surface area (Å²) in [6.07, 6.45) is 2.80. The molecule has 0 bridgehead atoms. The van der Waals surface area contributed by atoms with E-state index in [-0.39, 0.29) is 51.9 Å². The van der Waals surface area contributed by atoms with Gasteiger partial charge in [-0.1, -0.05) is 6.07 Å². The summed E-state index contributed by atoms with van der Waals surface area (Å²) in [6, 6.07) is 10.1. The van der Waals surface area contributed by atoms with Gasteiger partial charge in [0.05, 0.1) is 22.4 Å². The van der Waals surface area contributed by atoms with Crippen LogP contribution >= 0.6 is 12.2 Å². The van der Waals surface area contributed by atoms with Crippen molar-refractivity contribution in [1.29, 1.82) is 0 Å². The molecule has 172 valence electrons. The summed E-state index contributed by atoms with van der Waals surface area (Å²) in [4.78, 5) is 40.6. The molecule has 2 heterocycles. The van der Waals surface area contributed by atoms with Gasteiger partial charge in [0, 0.05) is 42.1 Å². The molecular weight excluding hydrogens is 462 g/mol. The number of non-ortho nitro benzene ring substituents is 1. The summed E-state index contributed by atoms with van der Waals surface area (Å²) in [6.45, 7) is -0.198. The van der Waals surface area contributed by atoms with E-state index in [4.69, 9.17) is 12.2 Å². The van der Waals surface area contributed by atoms with Gasteiger partial charge in [-0.05, 0) is 36.5 Å². The minimum atomic E-state index is -0.827. The highest BCUT2D eigenvalue weighted by Gasteiger charge is 2.20. The maximum Gasteiger partial charge on any atom is 0.271 e. The number of phenols is 1. The zero-order valence-corrected chi connectivity index (χ0v) is 18.2. The highest BCUT2D eigenvalue weighted by molar-refractivity contribution is 7.80.